The van der Waals surface area contributed by atoms with Crippen LogP contribution in [0.1, 0.15) is 28.4 Å². The second-order valence-corrected chi connectivity index (χ2v) is 4.58. The highest BCUT2D eigenvalue weighted by Crippen LogP contribution is 2.28. The van der Waals surface area contributed by atoms with Crippen molar-refractivity contribution in [3.05, 3.63) is 58.9 Å². The molecule has 0 fully saturated rings. The molecule has 0 spiro atoms. The monoisotopic (exact) mass is 274 g/mol. The van der Waals surface area contributed by atoms with Gasteiger partial charge >= 0.3 is 0 Å². The van der Waals surface area contributed by atoms with E-state index in [0.717, 1.165) is 6.07 Å². The first-order valence-corrected chi connectivity index (χ1v) is 6.20. The summed E-state index contributed by atoms with van der Waals surface area (Å²) in [5.41, 5.74) is 1.76. The van der Waals surface area contributed by atoms with Crippen LogP contribution < -0.4 is 4.74 Å². The summed E-state index contributed by atoms with van der Waals surface area (Å²) < 4.78 is 19.2. The highest BCUT2D eigenvalue weighted by atomic mass is 19.1. The molecule has 0 saturated carbocycles. The van der Waals surface area contributed by atoms with Crippen molar-refractivity contribution >= 4 is 5.78 Å². The minimum atomic E-state index is -0.622. The number of aryl methyl sites for hydroxylation is 1. The summed E-state index contributed by atoms with van der Waals surface area (Å²) in [7, 11) is 0. The molecule has 0 saturated heterocycles. The summed E-state index contributed by atoms with van der Waals surface area (Å²) >= 11 is 0. The second kappa shape index (κ2) is 5.74. The first kappa shape index (κ1) is 14.1. The number of Topliss-reactive ketones (excluding diaryl/α,β-unsaturated/α-hetero) is 1. The molecule has 1 N–H and O–H groups in total. The van der Waals surface area contributed by atoms with Crippen molar-refractivity contribution in [2.75, 3.05) is 0 Å². The van der Waals surface area contributed by atoms with Crippen LogP contribution in [-0.2, 0) is 6.61 Å². The van der Waals surface area contributed by atoms with Crippen molar-refractivity contribution in [2.45, 2.75) is 20.5 Å². The van der Waals surface area contributed by atoms with Crippen molar-refractivity contribution in [1.29, 1.82) is 0 Å². The lowest BCUT2D eigenvalue weighted by molar-refractivity contribution is 0.101. The topological polar surface area (TPSA) is 46.5 Å². The van der Waals surface area contributed by atoms with Crippen LogP contribution in [0.15, 0.2) is 36.4 Å². The van der Waals surface area contributed by atoms with E-state index in [1.807, 2.05) is 0 Å². The third-order valence-corrected chi connectivity index (χ3v) is 2.98. The van der Waals surface area contributed by atoms with Gasteiger partial charge in [0.1, 0.15) is 12.4 Å². The Morgan fingerprint density at radius 3 is 2.65 bits per heavy atom. The molecule has 0 aliphatic heterocycles. The summed E-state index contributed by atoms with van der Waals surface area (Å²) in [6.45, 7) is 3.22. The van der Waals surface area contributed by atoms with Crippen LogP contribution >= 0.6 is 0 Å². The number of halogens is 1. The average molecular weight is 274 g/mol. The maximum absolute atomic E-state index is 13.7. The van der Waals surface area contributed by atoms with E-state index < -0.39 is 5.82 Å². The number of aromatic hydroxyl groups is 1. The molecule has 4 heteroatoms. The molecule has 0 bridgehead atoms. The maximum atomic E-state index is 13.7. The van der Waals surface area contributed by atoms with Gasteiger partial charge in [0.15, 0.2) is 17.3 Å². The van der Waals surface area contributed by atoms with Crippen molar-refractivity contribution in [3.8, 4) is 11.5 Å². The lowest BCUT2D eigenvalue weighted by Gasteiger charge is -2.12. The van der Waals surface area contributed by atoms with Crippen LogP contribution in [0.3, 0.4) is 0 Å². The molecule has 0 aromatic heterocycles. The normalized spacial score (nSPS) is 10.3. The Bertz CT molecular complexity index is 627. The van der Waals surface area contributed by atoms with Crippen LogP contribution in [0.4, 0.5) is 4.39 Å². The summed E-state index contributed by atoms with van der Waals surface area (Å²) in [5, 5.41) is 9.28. The smallest absolute Gasteiger partial charge is 0.169 e. The Labute approximate surface area is 116 Å². The van der Waals surface area contributed by atoms with E-state index in [-0.39, 0.29) is 23.9 Å². The molecular formula is C16H15FO3. The van der Waals surface area contributed by atoms with E-state index in [2.05, 4.69) is 0 Å². The highest BCUT2D eigenvalue weighted by molar-refractivity contribution is 5.95. The van der Waals surface area contributed by atoms with E-state index in [0.29, 0.717) is 16.7 Å². The zero-order chi connectivity index (χ0) is 14.7. The molecule has 0 unspecified atom stereocenters. The summed E-state index contributed by atoms with van der Waals surface area (Å²) in [6, 6.07) is 9.47. The number of ether oxygens (including phenoxy) is 1. The Hall–Kier alpha value is -2.36. The summed E-state index contributed by atoms with van der Waals surface area (Å²) in [6.07, 6.45) is 0. The molecule has 0 aliphatic carbocycles. The van der Waals surface area contributed by atoms with Gasteiger partial charge in [-0.25, -0.2) is 4.39 Å². The number of phenols is 1. The van der Waals surface area contributed by atoms with Gasteiger partial charge in [0.2, 0.25) is 0 Å². The van der Waals surface area contributed by atoms with E-state index in [4.69, 9.17) is 4.74 Å². The fraction of sp³-hybridized carbons (Fsp3) is 0.188. The van der Waals surface area contributed by atoms with Gasteiger partial charge in [-0.3, -0.25) is 4.79 Å². The van der Waals surface area contributed by atoms with Crippen LogP contribution in [0, 0.1) is 12.7 Å². The molecule has 0 atom stereocenters. The Morgan fingerprint density at radius 2 is 2.00 bits per heavy atom. The van der Waals surface area contributed by atoms with Crippen molar-refractivity contribution in [2.24, 2.45) is 0 Å². The fourth-order valence-corrected chi connectivity index (χ4v) is 2.04. The third kappa shape index (κ3) is 2.96. The number of carbonyl (C=O) groups excluding carboxylic acids is 1. The fourth-order valence-electron chi connectivity index (χ4n) is 2.04. The number of rotatable bonds is 4. The molecule has 0 amide bonds. The van der Waals surface area contributed by atoms with E-state index >= 15 is 0 Å². The van der Waals surface area contributed by atoms with Gasteiger partial charge in [-0.2, -0.15) is 0 Å². The Balaban J connectivity index is 2.24. The van der Waals surface area contributed by atoms with E-state index in [1.165, 1.54) is 13.0 Å². The van der Waals surface area contributed by atoms with Crippen molar-refractivity contribution in [3.63, 3.8) is 0 Å². The minimum Gasteiger partial charge on any atom is -0.508 e. The minimum absolute atomic E-state index is 0.0629. The molecule has 104 valence electrons. The lowest BCUT2D eigenvalue weighted by atomic mass is 10.1. The van der Waals surface area contributed by atoms with Gasteiger partial charge < -0.3 is 9.84 Å². The van der Waals surface area contributed by atoms with Gasteiger partial charge in [-0.05, 0) is 25.5 Å². The number of hydrogen-bond donors (Lipinski definition) is 1. The van der Waals surface area contributed by atoms with Gasteiger partial charge in [-0.15, -0.1) is 0 Å². The molecular weight excluding hydrogens is 259 g/mol. The molecule has 2 aromatic rings. The van der Waals surface area contributed by atoms with Crippen LogP contribution in [0.2, 0.25) is 0 Å². The maximum Gasteiger partial charge on any atom is 0.169 e. The first-order chi connectivity index (χ1) is 9.49. The standard InChI is InChI=1S/C16H15FO3/c1-10-7-13(19)8-15(17)16(10)20-9-12-5-3-4-6-14(12)11(2)18/h3-8,19H,9H2,1-2H3. The molecule has 0 heterocycles. The first-order valence-electron chi connectivity index (χ1n) is 6.20. The van der Waals surface area contributed by atoms with Crippen molar-refractivity contribution in [1.82, 2.24) is 0 Å². The SMILES string of the molecule is CC(=O)c1ccccc1COc1c(C)cc(O)cc1F. The third-order valence-electron chi connectivity index (χ3n) is 2.98. The van der Waals surface area contributed by atoms with Gasteiger partial charge in [0, 0.05) is 17.2 Å². The summed E-state index contributed by atoms with van der Waals surface area (Å²) in [4.78, 5) is 11.5. The number of hydrogen-bond acceptors (Lipinski definition) is 3. The zero-order valence-electron chi connectivity index (χ0n) is 11.3. The average Bonchev–Trinajstić information content (AvgIpc) is 2.37. The van der Waals surface area contributed by atoms with E-state index in [1.54, 1.807) is 31.2 Å². The number of benzene rings is 2. The summed E-state index contributed by atoms with van der Waals surface area (Å²) in [5.74, 6) is -0.743. The van der Waals surface area contributed by atoms with Crippen LogP contribution in [0.5, 0.6) is 11.5 Å². The quantitative estimate of drug-likeness (QED) is 0.866. The Morgan fingerprint density at radius 1 is 1.30 bits per heavy atom. The van der Waals surface area contributed by atoms with Crippen LogP contribution in [-0.4, -0.2) is 10.9 Å². The molecule has 3 nitrogen and oxygen atoms in total. The number of carbonyl (C=O) groups is 1. The molecule has 0 radical (unpaired) electrons. The predicted octanol–water partition coefficient (Wildman–Crippen LogP) is 3.62. The van der Waals surface area contributed by atoms with Gasteiger partial charge in [0.25, 0.3) is 0 Å². The molecule has 2 aromatic carbocycles. The number of phenolic OH excluding ortho intramolecular Hbond substituents is 1. The molecule has 0 aliphatic rings. The lowest BCUT2D eigenvalue weighted by Crippen LogP contribution is -2.05. The van der Waals surface area contributed by atoms with Gasteiger partial charge in [0.05, 0.1) is 0 Å². The zero-order valence-corrected chi connectivity index (χ0v) is 11.3. The number of ketones is 1. The highest BCUT2D eigenvalue weighted by Gasteiger charge is 2.12. The second-order valence-electron chi connectivity index (χ2n) is 4.58. The molecule has 20 heavy (non-hydrogen) atoms. The largest absolute Gasteiger partial charge is 0.508 e. The van der Waals surface area contributed by atoms with Crippen LogP contribution in [0.25, 0.3) is 0 Å². The predicted molar refractivity (Wildman–Crippen MR) is 73.6 cm³/mol. The van der Waals surface area contributed by atoms with Gasteiger partial charge in [-0.1, -0.05) is 24.3 Å². The van der Waals surface area contributed by atoms with E-state index in [9.17, 15) is 14.3 Å². The Kier molecular flexibility index (Phi) is 4.03. The van der Waals surface area contributed by atoms with Crippen molar-refractivity contribution < 1.29 is 19.0 Å². The molecule has 2 rings (SSSR count).